The summed E-state index contributed by atoms with van der Waals surface area (Å²) in [4.78, 5) is 0. The van der Waals surface area contributed by atoms with Gasteiger partial charge in [0.05, 0.1) is 6.61 Å². The first kappa shape index (κ1) is 12.9. The summed E-state index contributed by atoms with van der Waals surface area (Å²) < 4.78 is 10.3. The Labute approximate surface area is 81.8 Å². The Morgan fingerprint density at radius 1 is 1.31 bits per heavy atom. The summed E-state index contributed by atoms with van der Waals surface area (Å²) >= 11 is 0. The zero-order valence-corrected chi connectivity index (χ0v) is 9.35. The van der Waals surface area contributed by atoms with Gasteiger partial charge in [-0.25, -0.2) is 0 Å². The molecule has 0 rings (SSSR count). The highest BCUT2D eigenvalue weighted by molar-refractivity contribution is 4.76. The van der Waals surface area contributed by atoms with Crippen LogP contribution in [0.4, 0.5) is 0 Å². The molecule has 3 heteroatoms. The van der Waals surface area contributed by atoms with Crippen molar-refractivity contribution >= 4 is 0 Å². The molecule has 0 aliphatic rings. The minimum absolute atomic E-state index is 0.0704. The van der Waals surface area contributed by atoms with Gasteiger partial charge in [-0.2, -0.15) is 0 Å². The van der Waals surface area contributed by atoms with Crippen LogP contribution in [0.15, 0.2) is 0 Å². The molecule has 0 radical (unpaired) electrons. The van der Waals surface area contributed by atoms with Crippen LogP contribution < -0.4 is 5.32 Å². The first-order valence-corrected chi connectivity index (χ1v) is 4.94. The minimum atomic E-state index is 0.0704. The maximum atomic E-state index is 5.24. The first-order valence-electron chi connectivity index (χ1n) is 4.94. The van der Waals surface area contributed by atoms with Crippen LogP contribution in [-0.2, 0) is 9.47 Å². The lowest BCUT2D eigenvalue weighted by Crippen LogP contribution is -2.43. The summed E-state index contributed by atoms with van der Waals surface area (Å²) in [5.41, 5.74) is 0.0704. The van der Waals surface area contributed by atoms with Crippen molar-refractivity contribution in [1.82, 2.24) is 5.32 Å². The molecule has 0 atom stereocenters. The summed E-state index contributed by atoms with van der Waals surface area (Å²) in [5, 5.41) is 3.41. The summed E-state index contributed by atoms with van der Waals surface area (Å²) in [6.45, 7) is 9.66. The largest absolute Gasteiger partial charge is 0.383 e. The molecule has 80 valence electrons. The molecule has 0 saturated carbocycles. The van der Waals surface area contributed by atoms with E-state index in [-0.39, 0.29) is 5.54 Å². The van der Waals surface area contributed by atoms with E-state index in [1.807, 2.05) is 6.92 Å². The van der Waals surface area contributed by atoms with E-state index in [0.29, 0.717) is 0 Å². The molecule has 3 nitrogen and oxygen atoms in total. The van der Waals surface area contributed by atoms with Gasteiger partial charge in [0.15, 0.2) is 0 Å². The predicted octanol–water partition coefficient (Wildman–Crippen LogP) is 1.43. The zero-order valence-electron chi connectivity index (χ0n) is 9.35. The fraction of sp³-hybridized carbons (Fsp3) is 1.00. The average molecular weight is 189 g/mol. The monoisotopic (exact) mass is 189 g/mol. The lowest BCUT2D eigenvalue weighted by atomic mass is 10.1. The van der Waals surface area contributed by atoms with E-state index in [2.05, 4.69) is 19.2 Å². The normalized spacial score (nSPS) is 12.0. The number of ether oxygens (including phenoxy) is 2. The fourth-order valence-corrected chi connectivity index (χ4v) is 1.16. The van der Waals surface area contributed by atoms with Crippen LogP contribution in [0.5, 0.6) is 0 Å². The Bertz CT molecular complexity index is 115. The molecular formula is C10H23NO2. The van der Waals surface area contributed by atoms with Crippen molar-refractivity contribution in [3.63, 3.8) is 0 Å². The molecule has 0 heterocycles. The van der Waals surface area contributed by atoms with Gasteiger partial charge in [-0.05, 0) is 33.7 Å². The van der Waals surface area contributed by atoms with Crippen molar-refractivity contribution in [3.05, 3.63) is 0 Å². The summed E-state index contributed by atoms with van der Waals surface area (Å²) in [6, 6.07) is 0. The van der Waals surface area contributed by atoms with Gasteiger partial charge in [0.1, 0.15) is 0 Å². The van der Waals surface area contributed by atoms with E-state index < -0.39 is 0 Å². The van der Waals surface area contributed by atoms with E-state index in [1.54, 1.807) is 7.11 Å². The van der Waals surface area contributed by atoms with Crippen molar-refractivity contribution in [2.45, 2.75) is 32.7 Å². The second kappa shape index (κ2) is 7.30. The Kier molecular flexibility index (Phi) is 7.23. The third-order valence-corrected chi connectivity index (χ3v) is 1.78. The van der Waals surface area contributed by atoms with Gasteiger partial charge >= 0.3 is 0 Å². The number of methoxy groups -OCH3 is 1. The van der Waals surface area contributed by atoms with E-state index >= 15 is 0 Å². The molecule has 0 saturated heterocycles. The SMILES string of the molecule is CCOCCCNC(C)(C)COC. The Morgan fingerprint density at radius 3 is 2.54 bits per heavy atom. The van der Waals surface area contributed by atoms with Gasteiger partial charge in [-0.1, -0.05) is 0 Å². The quantitative estimate of drug-likeness (QED) is 0.586. The van der Waals surface area contributed by atoms with Crippen molar-refractivity contribution in [2.24, 2.45) is 0 Å². The van der Waals surface area contributed by atoms with Crippen LogP contribution in [0, 0.1) is 0 Å². The highest BCUT2D eigenvalue weighted by atomic mass is 16.5. The van der Waals surface area contributed by atoms with Crippen LogP contribution in [0.3, 0.4) is 0 Å². The molecule has 1 N–H and O–H groups in total. The molecule has 0 aromatic rings. The molecule has 0 spiro atoms. The fourth-order valence-electron chi connectivity index (χ4n) is 1.16. The number of hydrogen-bond acceptors (Lipinski definition) is 3. The van der Waals surface area contributed by atoms with E-state index in [4.69, 9.17) is 9.47 Å². The zero-order chi connectivity index (χ0) is 10.2. The average Bonchev–Trinajstić information content (AvgIpc) is 2.04. The number of rotatable bonds is 8. The van der Waals surface area contributed by atoms with Crippen molar-refractivity contribution in [2.75, 3.05) is 33.5 Å². The standard InChI is InChI=1S/C10H23NO2/c1-5-13-8-6-7-11-10(2,3)9-12-4/h11H,5-9H2,1-4H3. The van der Waals surface area contributed by atoms with Crippen LogP contribution in [0.25, 0.3) is 0 Å². The van der Waals surface area contributed by atoms with Crippen molar-refractivity contribution in [3.8, 4) is 0 Å². The van der Waals surface area contributed by atoms with Gasteiger partial charge in [0.25, 0.3) is 0 Å². The van der Waals surface area contributed by atoms with E-state index in [1.165, 1.54) is 0 Å². The molecular weight excluding hydrogens is 166 g/mol. The Morgan fingerprint density at radius 2 is 2.00 bits per heavy atom. The highest BCUT2D eigenvalue weighted by Gasteiger charge is 2.15. The third-order valence-electron chi connectivity index (χ3n) is 1.78. The first-order chi connectivity index (χ1) is 6.12. The number of nitrogens with one attached hydrogen (secondary N) is 1. The third kappa shape index (κ3) is 8.22. The van der Waals surface area contributed by atoms with Crippen LogP contribution in [0.2, 0.25) is 0 Å². The van der Waals surface area contributed by atoms with Gasteiger partial charge in [0, 0.05) is 25.9 Å². The molecule has 0 fully saturated rings. The molecule has 0 bridgehead atoms. The lowest BCUT2D eigenvalue weighted by molar-refractivity contribution is 0.119. The maximum Gasteiger partial charge on any atom is 0.0639 e. The maximum absolute atomic E-state index is 5.24. The molecule has 0 aliphatic carbocycles. The highest BCUT2D eigenvalue weighted by Crippen LogP contribution is 2.01. The minimum Gasteiger partial charge on any atom is -0.383 e. The molecule has 0 aromatic heterocycles. The Balaban J connectivity index is 3.29. The summed E-state index contributed by atoms with van der Waals surface area (Å²) in [5.74, 6) is 0. The van der Waals surface area contributed by atoms with Crippen LogP contribution in [-0.4, -0.2) is 39.0 Å². The Hall–Kier alpha value is -0.120. The molecule has 13 heavy (non-hydrogen) atoms. The van der Waals surface area contributed by atoms with Crippen molar-refractivity contribution in [1.29, 1.82) is 0 Å². The van der Waals surface area contributed by atoms with Gasteiger partial charge in [-0.15, -0.1) is 0 Å². The van der Waals surface area contributed by atoms with E-state index in [9.17, 15) is 0 Å². The van der Waals surface area contributed by atoms with Crippen LogP contribution >= 0.6 is 0 Å². The second-order valence-electron chi connectivity index (χ2n) is 3.79. The van der Waals surface area contributed by atoms with Gasteiger partial charge < -0.3 is 14.8 Å². The second-order valence-corrected chi connectivity index (χ2v) is 3.79. The smallest absolute Gasteiger partial charge is 0.0639 e. The predicted molar refractivity (Wildman–Crippen MR) is 55.1 cm³/mol. The molecule has 0 amide bonds. The van der Waals surface area contributed by atoms with Crippen molar-refractivity contribution < 1.29 is 9.47 Å². The van der Waals surface area contributed by atoms with E-state index in [0.717, 1.165) is 32.8 Å². The molecule has 0 aliphatic heterocycles. The summed E-state index contributed by atoms with van der Waals surface area (Å²) in [6.07, 6.45) is 1.06. The summed E-state index contributed by atoms with van der Waals surface area (Å²) in [7, 11) is 1.73. The van der Waals surface area contributed by atoms with Gasteiger partial charge in [0.2, 0.25) is 0 Å². The van der Waals surface area contributed by atoms with Gasteiger partial charge in [-0.3, -0.25) is 0 Å². The van der Waals surface area contributed by atoms with Crippen LogP contribution in [0.1, 0.15) is 27.2 Å². The molecule has 0 unspecified atom stereocenters. The number of hydrogen-bond donors (Lipinski definition) is 1. The lowest BCUT2D eigenvalue weighted by Gasteiger charge is -2.25. The molecule has 0 aromatic carbocycles. The topological polar surface area (TPSA) is 30.5 Å².